The summed E-state index contributed by atoms with van der Waals surface area (Å²) in [5, 5.41) is 0.725. The van der Waals surface area contributed by atoms with Crippen LogP contribution in [0.15, 0.2) is 18.2 Å². The van der Waals surface area contributed by atoms with Crippen molar-refractivity contribution in [1.82, 2.24) is 14.5 Å². The molecule has 0 amide bonds. The molecule has 2 heterocycles. The third-order valence-corrected chi connectivity index (χ3v) is 4.26. The van der Waals surface area contributed by atoms with Crippen molar-refractivity contribution in [2.24, 2.45) is 0 Å². The Morgan fingerprint density at radius 2 is 2.29 bits per heavy atom. The Balaban J connectivity index is 1.94. The van der Waals surface area contributed by atoms with Crippen LogP contribution in [0.5, 0.6) is 0 Å². The maximum Gasteiger partial charge on any atom is 0.111 e. The van der Waals surface area contributed by atoms with Crippen molar-refractivity contribution in [2.75, 3.05) is 32.6 Å². The monoisotopic (exact) mass is 327 g/mol. The summed E-state index contributed by atoms with van der Waals surface area (Å²) in [4.78, 5) is 6.97. The molecular formula is C15H19Cl2N3O. The quantitative estimate of drug-likeness (QED) is 0.809. The number of imidazole rings is 1. The lowest BCUT2D eigenvalue weighted by Crippen LogP contribution is -2.42. The van der Waals surface area contributed by atoms with Crippen LogP contribution in [0.25, 0.3) is 11.0 Å². The van der Waals surface area contributed by atoms with Gasteiger partial charge in [-0.05, 0) is 25.2 Å². The molecule has 6 heteroatoms. The van der Waals surface area contributed by atoms with Gasteiger partial charge in [0.1, 0.15) is 5.82 Å². The summed E-state index contributed by atoms with van der Waals surface area (Å²) in [5.74, 6) is 1.56. The molecule has 0 spiro atoms. The van der Waals surface area contributed by atoms with Gasteiger partial charge in [0.05, 0.1) is 30.3 Å². The first-order valence-electron chi connectivity index (χ1n) is 7.18. The number of morpholine rings is 1. The summed E-state index contributed by atoms with van der Waals surface area (Å²) in [6.45, 7) is 3.48. The van der Waals surface area contributed by atoms with Crippen molar-refractivity contribution in [3.63, 3.8) is 0 Å². The predicted molar refractivity (Wildman–Crippen MR) is 86.4 cm³/mol. The van der Waals surface area contributed by atoms with Crippen molar-refractivity contribution in [2.45, 2.75) is 19.1 Å². The smallest absolute Gasteiger partial charge is 0.111 e. The van der Waals surface area contributed by atoms with Crippen LogP contribution in [0, 0.1) is 0 Å². The van der Waals surface area contributed by atoms with E-state index in [9.17, 15) is 0 Å². The van der Waals surface area contributed by atoms with Crippen LogP contribution in [0.3, 0.4) is 0 Å². The lowest BCUT2D eigenvalue weighted by Gasteiger charge is -2.30. The Labute approximate surface area is 134 Å². The molecule has 3 rings (SSSR count). The molecule has 2 aromatic rings. The topological polar surface area (TPSA) is 30.3 Å². The minimum atomic E-state index is 0.175. The van der Waals surface area contributed by atoms with Gasteiger partial charge >= 0.3 is 0 Å². The van der Waals surface area contributed by atoms with Gasteiger partial charge in [0.2, 0.25) is 0 Å². The largest absolute Gasteiger partial charge is 0.374 e. The number of nitrogens with zero attached hydrogens (tertiary/aromatic N) is 3. The number of aromatic nitrogens is 2. The molecule has 1 fully saturated rings. The van der Waals surface area contributed by atoms with Crippen molar-refractivity contribution >= 4 is 34.2 Å². The molecule has 21 heavy (non-hydrogen) atoms. The molecule has 1 unspecified atom stereocenters. The normalized spacial score (nSPS) is 20.2. The van der Waals surface area contributed by atoms with Gasteiger partial charge in [0.15, 0.2) is 0 Å². The SMILES string of the molecule is CN1CCOC(Cn2c(CCCl)nc3ccc(Cl)cc32)C1. The zero-order valence-corrected chi connectivity index (χ0v) is 13.6. The molecule has 0 saturated carbocycles. The van der Waals surface area contributed by atoms with Gasteiger partial charge in [-0.2, -0.15) is 0 Å². The summed E-state index contributed by atoms with van der Waals surface area (Å²) in [6, 6.07) is 5.80. The Hall–Kier alpha value is -0.810. The first-order valence-corrected chi connectivity index (χ1v) is 8.09. The Morgan fingerprint density at radius 3 is 3.05 bits per heavy atom. The number of likely N-dealkylation sites (N-methyl/N-ethyl adjacent to an activating group) is 1. The van der Waals surface area contributed by atoms with Crippen LogP contribution in [0.1, 0.15) is 5.82 Å². The van der Waals surface area contributed by atoms with E-state index in [1.807, 2.05) is 18.2 Å². The summed E-state index contributed by atoms with van der Waals surface area (Å²) in [6.07, 6.45) is 0.922. The van der Waals surface area contributed by atoms with Crippen LogP contribution >= 0.6 is 23.2 Å². The van der Waals surface area contributed by atoms with E-state index in [4.69, 9.17) is 27.9 Å². The summed E-state index contributed by atoms with van der Waals surface area (Å²) < 4.78 is 8.08. The number of ether oxygens (including phenoxy) is 1. The number of fused-ring (bicyclic) bond motifs is 1. The third kappa shape index (κ3) is 3.34. The average Bonchev–Trinajstić information content (AvgIpc) is 2.77. The van der Waals surface area contributed by atoms with Gasteiger partial charge in [-0.15, -0.1) is 11.6 Å². The van der Waals surface area contributed by atoms with Gasteiger partial charge in [0, 0.05) is 30.4 Å². The second kappa shape index (κ2) is 6.53. The highest BCUT2D eigenvalue weighted by molar-refractivity contribution is 6.31. The van der Waals surface area contributed by atoms with Gasteiger partial charge in [-0.1, -0.05) is 11.6 Å². The van der Waals surface area contributed by atoms with Crippen LogP contribution in [-0.4, -0.2) is 53.2 Å². The van der Waals surface area contributed by atoms with E-state index in [1.54, 1.807) is 0 Å². The fourth-order valence-electron chi connectivity index (χ4n) is 2.81. The van der Waals surface area contributed by atoms with Crippen LogP contribution in [-0.2, 0) is 17.7 Å². The number of hydrogen-bond donors (Lipinski definition) is 0. The molecule has 1 saturated heterocycles. The second-order valence-electron chi connectivity index (χ2n) is 5.47. The fraction of sp³-hybridized carbons (Fsp3) is 0.533. The van der Waals surface area contributed by atoms with Crippen LogP contribution < -0.4 is 0 Å². The van der Waals surface area contributed by atoms with Crippen LogP contribution in [0.4, 0.5) is 0 Å². The average molecular weight is 328 g/mol. The van der Waals surface area contributed by atoms with Crippen molar-refractivity contribution < 1.29 is 4.74 Å². The molecule has 0 N–H and O–H groups in total. The molecule has 114 valence electrons. The first-order chi connectivity index (χ1) is 10.2. The maximum atomic E-state index is 6.14. The molecule has 1 aliphatic heterocycles. The van der Waals surface area contributed by atoms with Crippen molar-refractivity contribution in [1.29, 1.82) is 0 Å². The third-order valence-electron chi connectivity index (χ3n) is 3.84. The van der Waals surface area contributed by atoms with E-state index in [-0.39, 0.29) is 6.10 Å². The van der Waals surface area contributed by atoms with E-state index in [0.29, 0.717) is 5.88 Å². The highest BCUT2D eigenvalue weighted by Crippen LogP contribution is 2.22. The number of benzene rings is 1. The highest BCUT2D eigenvalue weighted by Gasteiger charge is 2.21. The van der Waals surface area contributed by atoms with Crippen LogP contribution in [0.2, 0.25) is 5.02 Å². The van der Waals surface area contributed by atoms with E-state index >= 15 is 0 Å². The van der Waals surface area contributed by atoms with E-state index in [2.05, 4.69) is 21.5 Å². The predicted octanol–water partition coefficient (Wildman–Crippen LogP) is 2.80. The van der Waals surface area contributed by atoms with Gasteiger partial charge in [-0.25, -0.2) is 4.98 Å². The zero-order valence-electron chi connectivity index (χ0n) is 12.1. The molecule has 4 nitrogen and oxygen atoms in total. The second-order valence-corrected chi connectivity index (χ2v) is 6.28. The number of aryl methyl sites for hydroxylation is 1. The molecule has 1 aromatic heterocycles. The number of rotatable bonds is 4. The van der Waals surface area contributed by atoms with Gasteiger partial charge < -0.3 is 14.2 Å². The number of hydrogen-bond acceptors (Lipinski definition) is 3. The standard InChI is InChI=1S/C15H19Cl2N3O/c1-19-6-7-21-12(9-19)10-20-14-8-11(17)2-3-13(14)18-15(20)4-5-16/h2-3,8,12H,4-7,9-10H2,1H3. The zero-order chi connectivity index (χ0) is 14.8. The summed E-state index contributed by atoms with van der Waals surface area (Å²) >= 11 is 12.1. The Morgan fingerprint density at radius 1 is 1.43 bits per heavy atom. The number of alkyl halides is 1. The molecule has 0 bridgehead atoms. The fourth-order valence-corrected chi connectivity index (χ4v) is 3.14. The minimum absolute atomic E-state index is 0.175. The lowest BCUT2D eigenvalue weighted by atomic mass is 10.2. The molecule has 0 radical (unpaired) electrons. The Kier molecular flexibility index (Phi) is 4.69. The first kappa shape index (κ1) is 15.1. The van der Waals surface area contributed by atoms with Gasteiger partial charge in [-0.3, -0.25) is 0 Å². The van der Waals surface area contributed by atoms with E-state index in [1.165, 1.54) is 0 Å². The maximum absolute atomic E-state index is 6.14. The van der Waals surface area contributed by atoms with Crippen molar-refractivity contribution in [3.8, 4) is 0 Å². The van der Waals surface area contributed by atoms with E-state index < -0.39 is 0 Å². The highest BCUT2D eigenvalue weighted by atomic mass is 35.5. The summed E-state index contributed by atoms with van der Waals surface area (Å²) in [5.41, 5.74) is 2.02. The molecule has 1 aromatic carbocycles. The molecule has 1 atom stereocenters. The molecule has 0 aliphatic carbocycles. The number of halogens is 2. The summed E-state index contributed by atoms with van der Waals surface area (Å²) in [7, 11) is 2.12. The minimum Gasteiger partial charge on any atom is -0.374 e. The lowest BCUT2D eigenvalue weighted by molar-refractivity contribution is -0.0272. The van der Waals surface area contributed by atoms with E-state index in [0.717, 1.165) is 54.5 Å². The molecular weight excluding hydrogens is 309 g/mol. The Bertz CT molecular complexity index is 629. The van der Waals surface area contributed by atoms with Crippen molar-refractivity contribution in [3.05, 3.63) is 29.0 Å². The van der Waals surface area contributed by atoms with Gasteiger partial charge in [0.25, 0.3) is 0 Å². The molecule has 1 aliphatic rings.